The van der Waals surface area contributed by atoms with Crippen LogP contribution in [-0.4, -0.2) is 68.7 Å². The second kappa shape index (κ2) is 5.45. The third-order valence-corrected chi connectivity index (χ3v) is 4.21. The Morgan fingerprint density at radius 2 is 2.12 bits per heavy atom. The van der Waals surface area contributed by atoms with Crippen LogP contribution in [0.15, 0.2) is 0 Å². The predicted octanol–water partition coefficient (Wildman–Crippen LogP) is -0.441. The van der Waals surface area contributed by atoms with Crippen LogP contribution >= 0.6 is 0 Å². The highest BCUT2D eigenvalue weighted by Crippen LogP contribution is 2.21. The molecule has 4 heteroatoms. The van der Waals surface area contributed by atoms with E-state index < -0.39 is 0 Å². The third-order valence-electron chi connectivity index (χ3n) is 4.21. The normalized spacial score (nSPS) is 36.2. The highest BCUT2D eigenvalue weighted by molar-refractivity contribution is 4.92. The highest BCUT2D eigenvalue weighted by Gasteiger charge is 2.32. The van der Waals surface area contributed by atoms with E-state index in [1.165, 1.54) is 25.9 Å². The lowest BCUT2D eigenvalue weighted by Gasteiger charge is -2.42. The van der Waals surface area contributed by atoms with Crippen LogP contribution in [0.2, 0.25) is 0 Å². The third kappa shape index (κ3) is 2.74. The summed E-state index contributed by atoms with van der Waals surface area (Å²) < 4.78 is 0. The van der Waals surface area contributed by atoms with E-state index in [0.717, 1.165) is 19.6 Å². The van der Waals surface area contributed by atoms with Crippen LogP contribution in [0.3, 0.4) is 0 Å². The Kier molecular flexibility index (Phi) is 4.19. The molecule has 0 spiro atoms. The van der Waals surface area contributed by atoms with E-state index in [2.05, 4.69) is 29.2 Å². The summed E-state index contributed by atoms with van der Waals surface area (Å²) in [5, 5.41) is 3.46. The first-order valence-corrected chi connectivity index (χ1v) is 6.53. The van der Waals surface area contributed by atoms with Gasteiger partial charge in [0.2, 0.25) is 0 Å². The Labute approximate surface area is 99.2 Å². The summed E-state index contributed by atoms with van der Waals surface area (Å²) in [4.78, 5) is 4.85. The molecule has 0 aromatic rings. The van der Waals surface area contributed by atoms with Crippen molar-refractivity contribution in [1.29, 1.82) is 0 Å². The SMILES string of the molecule is CN1CCCC(C(N)C2CNCCN2C)C1. The Bertz CT molecular complexity index is 221. The molecule has 0 aromatic heterocycles. The number of piperidine rings is 1. The van der Waals surface area contributed by atoms with Crippen LogP contribution in [0, 0.1) is 5.92 Å². The maximum atomic E-state index is 6.47. The van der Waals surface area contributed by atoms with E-state index >= 15 is 0 Å². The molecule has 0 saturated carbocycles. The minimum Gasteiger partial charge on any atom is -0.326 e. The van der Waals surface area contributed by atoms with Gasteiger partial charge in [0.25, 0.3) is 0 Å². The van der Waals surface area contributed by atoms with Gasteiger partial charge in [0.15, 0.2) is 0 Å². The summed E-state index contributed by atoms with van der Waals surface area (Å²) in [5.74, 6) is 0.672. The summed E-state index contributed by atoms with van der Waals surface area (Å²) in [6.45, 7) is 5.69. The van der Waals surface area contributed by atoms with Gasteiger partial charge in [-0.3, -0.25) is 4.90 Å². The van der Waals surface area contributed by atoms with Crippen LogP contribution in [0.1, 0.15) is 12.8 Å². The van der Waals surface area contributed by atoms with E-state index in [-0.39, 0.29) is 0 Å². The molecule has 0 aliphatic carbocycles. The average molecular weight is 226 g/mol. The maximum Gasteiger partial charge on any atom is 0.0372 e. The zero-order valence-electron chi connectivity index (χ0n) is 10.7. The van der Waals surface area contributed by atoms with E-state index in [1.807, 2.05) is 0 Å². The molecule has 94 valence electrons. The van der Waals surface area contributed by atoms with Crippen molar-refractivity contribution in [1.82, 2.24) is 15.1 Å². The van der Waals surface area contributed by atoms with Gasteiger partial charge in [0, 0.05) is 38.3 Å². The smallest absolute Gasteiger partial charge is 0.0372 e. The first-order valence-electron chi connectivity index (χ1n) is 6.53. The van der Waals surface area contributed by atoms with Gasteiger partial charge < -0.3 is 16.0 Å². The van der Waals surface area contributed by atoms with Gasteiger partial charge in [-0.1, -0.05) is 0 Å². The van der Waals surface area contributed by atoms with Gasteiger partial charge in [-0.2, -0.15) is 0 Å². The van der Waals surface area contributed by atoms with Gasteiger partial charge in [-0.15, -0.1) is 0 Å². The molecule has 3 unspecified atom stereocenters. The molecule has 3 atom stereocenters. The molecule has 0 amide bonds. The van der Waals surface area contributed by atoms with Crippen molar-refractivity contribution in [2.75, 3.05) is 46.8 Å². The van der Waals surface area contributed by atoms with E-state index in [9.17, 15) is 0 Å². The first-order chi connectivity index (χ1) is 7.68. The molecule has 2 aliphatic heterocycles. The summed E-state index contributed by atoms with van der Waals surface area (Å²) in [7, 11) is 4.42. The molecule has 4 nitrogen and oxygen atoms in total. The topological polar surface area (TPSA) is 44.5 Å². The van der Waals surface area contributed by atoms with E-state index in [4.69, 9.17) is 5.73 Å². The molecule has 2 heterocycles. The molecule has 0 radical (unpaired) electrons. The standard InChI is InChI=1S/C12H26N4/c1-15-6-3-4-10(9-15)12(13)11-8-14-5-7-16(11)2/h10-12,14H,3-9,13H2,1-2H3. The number of piperazine rings is 1. The lowest BCUT2D eigenvalue weighted by atomic mass is 9.86. The zero-order valence-corrected chi connectivity index (χ0v) is 10.7. The Balaban J connectivity index is 1.91. The number of hydrogen-bond acceptors (Lipinski definition) is 4. The summed E-state index contributed by atoms with van der Waals surface area (Å²) in [5.41, 5.74) is 6.47. The van der Waals surface area contributed by atoms with Crippen molar-refractivity contribution in [3.8, 4) is 0 Å². The Morgan fingerprint density at radius 3 is 2.81 bits per heavy atom. The number of rotatable bonds is 2. The van der Waals surface area contributed by atoms with Crippen molar-refractivity contribution in [3.63, 3.8) is 0 Å². The first kappa shape index (κ1) is 12.3. The second-order valence-corrected chi connectivity index (χ2v) is 5.49. The number of nitrogens with zero attached hydrogens (tertiary/aromatic N) is 2. The van der Waals surface area contributed by atoms with Crippen LogP contribution < -0.4 is 11.1 Å². The molecule has 16 heavy (non-hydrogen) atoms. The fraction of sp³-hybridized carbons (Fsp3) is 1.00. The van der Waals surface area contributed by atoms with Crippen molar-refractivity contribution >= 4 is 0 Å². The van der Waals surface area contributed by atoms with Crippen LogP contribution in [-0.2, 0) is 0 Å². The van der Waals surface area contributed by atoms with Crippen LogP contribution in [0.5, 0.6) is 0 Å². The van der Waals surface area contributed by atoms with E-state index in [0.29, 0.717) is 18.0 Å². The van der Waals surface area contributed by atoms with Gasteiger partial charge in [0.1, 0.15) is 0 Å². The van der Waals surface area contributed by atoms with Crippen molar-refractivity contribution in [2.24, 2.45) is 11.7 Å². The fourth-order valence-electron chi connectivity index (χ4n) is 3.09. The number of hydrogen-bond donors (Lipinski definition) is 2. The molecule has 3 N–H and O–H groups in total. The maximum absolute atomic E-state index is 6.47. The minimum absolute atomic E-state index is 0.320. The zero-order chi connectivity index (χ0) is 11.5. The van der Waals surface area contributed by atoms with Crippen molar-refractivity contribution in [2.45, 2.75) is 24.9 Å². The molecule has 0 aromatic carbocycles. The number of nitrogens with one attached hydrogen (secondary N) is 1. The van der Waals surface area contributed by atoms with Gasteiger partial charge in [0.05, 0.1) is 0 Å². The molecular formula is C12H26N4. The lowest BCUT2D eigenvalue weighted by Crippen LogP contribution is -2.60. The fourth-order valence-corrected chi connectivity index (χ4v) is 3.09. The van der Waals surface area contributed by atoms with Crippen molar-refractivity contribution < 1.29 is 0 Å². The quantitative estimate of drug-likeness (QED) is 0.670. The predicted molar refractivity (Wildman–Crippen MR) is 67.5 cm³/mol. The van der Waals surface area contributed by atoms with Crippen molar-refractivity contribution in [3.05, 3.63) is 0 Å². The summed E-state index contributed by atoms with van der Waals surface area (Å²) >= 11 is 0. The van der Waals surface area contributed by atoms with Crippen LogP contribution in [0.4, 0.5) is 0 Å². The highest BCUT2D eigenvalue weighted by atomic mass is 15.2. The Hall–Kier alpha value is -0.160. The van der Waals surface area contributed by atoms with Gasteiger partial charge in [-0.25, -0.2) is 0 Å². The number of likely N-dealkylation sites (tertiary alicyclic amines) is 1. The van der Waals surface area contributed by atoms with Gasteiger partial charge in [-0.05, 0) is 39.4 Å². The number of nitrogens with two attached hydrogens (primary N) is 1. The molecule has 2 aliphatic rings. The Morgan fingerprint density at radius 1 is 1.31 bits per heavy atom. The summed E-state index contributed by atoms with van der Waals surface area (Å²) in [6.07, 6.45) is 2.61. The molecule has 2 saturated heterocycles. The minimum atomic E-state index is 0.320. The molecule has 2 rings (SSSR count). The summed E-state index contributed by atoms with van der Waals surface area (Å²) in [6, 6.07) is 0.839. The van der Waals surface area contributed by atoms with Crippen LogP contribution in [0.25, 0.3) is 0 Å². The monoisotopic (exact) mass is 226 g/mol. The largest absolute Gasteiger partial charge is 0.326 e. The number of likely N-dealkylation sites (N-methyl/N-ethyl adjacent to an activating group) is 1. The van der Waals surface area contributed by atoms with Gasteiger partial charge >= 0.3 is 0 Å². The second-order valence-electron chi connectivity index (χ2n) is 5.49. The molecular weight excluding hydrogens is 200 g/mol. The molecule has 2 fully saturated rings. The average Bonchev–Trinajstić information content (AvgIpc) is 2.29. The molecule has 0 bridgehead atoms. The van der Waals surface area contributed by atoms with E-state index in [1.54, 1.807) is 0 Å². The lowest BCUT2D eigenvalue weighted by molar-refractivity contribution is 0.110.